The summed E-state index contributed by atoms with van der Waals surface area (Å²) in [5.41, 5.74) is -1.76. The quantitative estimate of drug-likeness (QED) is 0.794. The molecule has 2 N–H and O–H groups in total. The molecule has 3 rings (SSSR count). The minimum absolute atomic E-state index is 0.140. The van der Waals surface area contributed by atoms with Crippen molar-refractivity contribution in [3.8, 4) is 5.75 Å². The van der Waals surface area contributed by atoms with Crippen molar-refractivity contribution in [2.24, 2.45) is 0 Å². The molecule has 2 aromatic carbocycles. The predicted octanol–water partition coefficient (Wildman–Crippen LogP) is 2.62. The lowest BCUT2D eigenvalue weighted by Gasteiger charge is -2.21. The highest BCUT2D eigenvalue weighted by Gasteiger charge is 2.54. The Labute approximate surface area is 125 Å². The summed E-state index contributed by atoms with van der Waals surface area (Å²) in [4.78, 5) is 24.9. The molecule has 0 saturated heterocycles. The second kappa shape index (κ2) is 4.41. The van der Waals surface area contributed by atoms with Crippen LogP contribution in [0.2, 0.25) is 5.02 Å². The zero-order valence-electron chi connectivity index (χ0n) is 11.1. The summed E-state index contributed by atoms with van der Waals surface area (Å²) in [7, 11) is 0. The number of carbonyl (C=O) groups excluding carboxylic acids is 2. The molecule has 0 aromatic heterocycles. The van der Waals surface area contributed by atoms with Crippen LogP contribution in [-0.2, 0) is 5.60 Å². The summed E-state index contributed by atoms with van der Waals surface area (Å²) in [6.45, 7) is 1.67. The summed E-state index contributed by atoms with van der Waals surface area (Å²) >= 11 is 5.99. The first-order chi connectivity index (χ1) is 9.87. The highest BCUT2D eigenvalue weighted by atomic mass is 35.5. The third-order valence-corrected chi connectivity index (χ3v) is 4.15. The van der Waals surface area contributed by atoms with E-state index in [1.54, 1.807) is 19.1 Å². The summed E-state index contributed by atoms with van der Waals surface area (Å²) in [5.74, 6) is -1.84. The van der Waals surface area contributed by atoms with E-state index in [2.05, 4.69) is 0 Å². The Bertz CT molecular complexity index is 760. The molecule has 0 atom stereocenters. The maximum Gasteiger partial charge on any atom is 0.220 e. The maximum atomic E-state index is 12.5. The summed E-state index contributed by atoms with van der Waals surface area (Å²) < 4.78 is 0. The lowest BCUT2D eigenvalue weighted by Crippen LogP contribution is -2.38. The van der Waals surface area contributed by atoms with Gasteiger partial charge in [0.05, 0.1) is 0 Å². The number of ketones is 2. The van der Waals surface area contributed by atoms with Crippen molar-refractivity contribution in [3.63, 3.8) is 0 Å². The second-order valence-corrected chi connectivity index (χ2v) is 5.44. The molecule has 106 valence electrons. The van der Waals surface area contributed by atoms with Crippen LogP contribution in [0.15, 0.2) is 36.4 Å². The molecule has 1 aliphatic carbocycles. The summed E-state index contributed by atoms with van der Waals surface area (Å²) in [5, 5.41) is 21.0. The molecule has 4 nitrogen and oxygen atoms in total. The van der Waals surface area contributed by atoms with Crippen molar-refractivity contribution in [1.82, 2.24) is 0 Å². The van der Waals surface area contributed by atoms with E-state index in [0.29, 0.717) is 5.56 Å². The number of phenolic OH excluding ortho intramolecular Hbond substituents is 1. The molecule has 0 heterocycles. The van der Waals surface area contributed by atoms with E-state index in [1.165, 1.54) is 24.3 Å². The number of carbonyl (C=O) groups is 2. The van der Waals surface area contributed by atoms with Gasteiger partial charge in [0.1, 0.15) is 5.75 Å². The van der Waals surface area contributed by atoms with E-state index in [9.17, 15) is 19.8 Å². The van der Waals surface area contributed by atoms with Gasteiger partial charge < -0.3 is 10.2 Å². The van der Waals surface area contributed by atoms with Crippen LogP contribution in [0.5, 0.6) is 5.75 Å². The van der Waals surface area contributed by atoms with Crippen molar-refractivity contribution in [1.29, 1.82) is 0 Å². The minimum Gasteiger partial charge on any atom is -0.508 e. The normalized spacial score (nSPS) is 16.1. The fourth-order valence-corrected chi connectivity index (χ4v) is 2.74. The molecule has 1 aliphatic rings. The first-order valence-electron chi connectivity index (χ1n) is 6.28. The standard InChI is InChI=1S/C16H11ClO4/c1-8-6-13(18)11(7-12(8)17)16(21)14(19)9-4-2-3-5-10(9)15(16)20/h2-7,18,21H,1H3. The lowest BCUT2D eigenvalue weighted by molar-refractivity contribution is 0.0312. The van der Waals surface area contributed by atoms with Crippen molar-refractivity contribution in [2.45, 2.75) is 12.5 Å². The fraction of sp³-hybridized carbons (Fsp3) is 0.125. The SMILES string of the molecule is Cc1cc(O)c(C2(O)C(=O)c3ccccc3C2=O)cc1Cl. The van der Waals surface area contributed by atoms with Crippen molar-refractivity contribution >= 4 is 23.2 Å². The molecular formula is C16H11ClO4. The summed E-state index contributed by atoms with van der Waals surface area (Å²) in [6.07, 6.45) is 0. The van der Waals surface area contributed by atoms with Crippen molar-refractivity contribution in [2.75, 3.05) is 0 Å². The van der Waals surface area contributed by atoms with Gasteiger partial charge in [0, 0.05) is 21.7 Å². The third-order valence-electron chi connectivity index (χ3n) is 3.74. The fourth-order valence-electron chi connectivity index (χ4n) is 2.57. The Morgan fingerprint density at radius 1 is 1.05 bits per heavy atom. The van der Waals surface area contributed by atoms with Crippen LogP contribution in [0.3, 0.4) is 0 Å². The Balaban J connectivity index is 2.27. The van der Waals surface area contributed by atoms with Gasteiger partial charge in [0.2, 0.25) is 17.2 Å². The van der Waals surface area contributed by atoms with Crippen LogP contribution in [0.25, 0.3) is 0 Å². The van der Waals surface area contributed by atoms with E-state index in [0.717, 1.165) is 0 Å². The predicted molar refractivity (Wildman–Crippen MR) is 76.9 cm³/mol. The van der Waals surface area contributed by atoms with Gasteiger partial charge in [-0.3, -0.25) is 9.59 Å². The number of fused-ring (bicyclic) bond motifs is 1. The Kier molecular flexibility index (Phi) is 2.90. The van der Waals surface area contributed by atoms with E-state index in [1.807, 2.05) is 0 Å². The van der Waals surface area contributed by atoms with Crippen LogP contribution in [-0.4, -0.2) is 21.8 Å². The largest absolute Gasteiger partial charge is 0.508 e. The van der Waals surface area contributed by atoms with Gasteiger partial charge in [-0.15, -0.1) is 0 Å². The molecule has 5 heteroatoms. The number of benzene rings is 2. The van der Waals surface area contributed by atoms with Crippen LogP contribution in [0.1, 0.15) is 31.8 Å². The Morgan fingerprint density at radius 3 is 2.10 bits per heavy atom. The molecule has 0 fully saturated rings. The highest BCUT2D eigenvalue weighted by Crippen LogP contribution is 2.42. The molecule has 0 amide bonds. The van der Waals surface area contributed by atoms with Gasteiger partial charge >= 0.3 is 0 Å². The van der Waals surface area contributed by atoms with Gasteiger partial charge in [-0.2, -0.15) is 0 Å². The van der Waals surface area contributed by atoms with Gasteiger partial charge in [0.25, 0.3) is 0 Å². The Morgan fingerprint density at radius 2 is 1.57 bits per heavy atom. The number of Topliss-reactive ketones (excluding diaryl/α,β-unsaturated/α-hetero) is 2. The zero-order chi connectivity index (χ0) is 15.4. The third kappa shape index (κ3) is 1.73. The molecular weight excluding hydrogens is 292 g/mol. The Hall–Kier alpha value is -2.17. The average molecular weight is 303 g/mol. The first kappa shape index (κ1) is 13.8. The number of rotatable bonds is 1. The van der Waals surface area contributed by atoms with Crippen LogP contribution in [0.4, 0.5) is 0 Å². The van der Waals surface area contributed by atoms with E-state index in [-0.39, 0.29) is 27.5 Å². The number of hydrogen-bond acceptors (Lipinski definition) is 4. The topological polar surface area (TPSA) is 74.6 Å². The van der Waals surface area contributed by atoms with E-state index in [4.69, 9.17) is 11.6 Å². The number of aliphatic hydroxyl groups is 1. The molecule has 0 radical (unpaired) electrons. The van der Waals surface area contributed by atoms with E-state index < -0.39 is 17.2 Å². The zero-order valence-corrected chi connectivity index (χ0v) is 11.8. The van der Waals surface area contributed by atoms with Crippen molar-refractivity contribution < 1.29 is 19.8 Å². The highest BCUT2D eigenvalue weighted by molar-refractivity contribution is 6.33. The molecule has 21 heavy (non-hydrogen) atoms. The van der Waals surface area contributed by atoms with Crippen molar-refractivity contribution in [3.05, 3.63) is 63.7 Å². The van der Waals surface area contributed by atoms with Gasteiger partial charge in [-0.05, 0) is 24.6 Å². The molecule has 0 saturated carbocycles. The molecule has 2 aromatic rings. The molecule has 0 unspecified atom stereocenters. The van der Waals surface area contributed by atoms with Gasteiger partial charge in [-0.1, -0.05) is 35.9 Å². The smallest absolute Gasteiger partial charge is 0.220 e. The molecule has 0 bridgehead atoms. The van der Waals surface area contributed by atoms with Crippen LogP contribution in [0, 0.1) is 6.92 Å². The summed E-state index contributed by atoms with van der Waals surface area (Å²) in [6, 6.07) is 8.74. The number of hydrogen-bond donors (Lipinski definition) is 2. The van der Waals surface area contributed by atoms with Gasteiger partial charge in [-0.25, -0.2) is 0 Å². The number of aryl methyl sites for hydroxylation is 1. The van der Waals surface area contributed by atoms with Gasteiger partial charge in [0.15, 0.2) is 0 Å². The number of phenols is 1. The van der Waals surface area contributed by atoms with Crippen LogP contribution < -0.4 is 0 Å². The maximum absolute atomic E-state index is 12.5. The monoisotopic (exact) mass is 302 g/mol. The average Bonchev–Trinajstić information content (AvgIpc) is 2.66. The minimum atomic E-state index is -2.43. The first-order valence-corrected chi connectivity index (χ1v) is 6.65. The number of halogens is 1. The number of aromatic hydroxyl groups is 1. The van der Waals surface area contributed by atoms with E-state index >= 15 is 0 Å². The molecule has 0 aliphatic heterocycles. The van der Waals surface area contributed by atoms with Crippen LogP contribution >= 0.6 is 11.6 Å². The molecule has 0 spiro atoms. The lowest BCUT2D eigenvalue weighted by atomic mass is 9.87. The second-order valence-electron chi connectivity index (χ2n) is 5.03.